The number of anilines is 1. The van der Waals surface area contributed by atoms with Gasteiger partial charge in [0.25, 0.3) is 5.91 Å². The number of piperidine rings is 1. The summed E-state index contributed by atoms with van der Waals surface area (Å²) in [6, 6.07) is 9.61. The van der Waals surface area contributed by atoms with Gasteiger partial charge in [0.15, 0.2) is 0 Å². The summed E-state index contributed by atoms with van der Waals surface area (Å²) in [5.41, 5.74) is 10.0. The lowest BCUT2D eigenvalue weighted by Gasteiger charge is -2.26. The molecule has 5 nitrogen and oxygen atoms in total. The number of thiazole rings is 1. The number of nitrogens with two attached hydrogens (primary N) is 1. The van der Waals surface area contributed by atoms with E-state index >= 15 is 0 Å². The number of carbonyl (C=O) groups excluding carboxylic acids is 1. The Balaban J connectivity index is 1.55. The number of H-pyrrole nitrogens is 1. The summed E-state index contributed by atoms with van der Waals surface area (Å²) < 4.78 is 0. The monoisotopic (exact) mass is 352 g/mol. The average Bonchev–Trinajstić information content (AvgIpc) is 3.31. The smallest absolute Gasteiger partial charge is 0.270 e. The Morgan fingerprint density at radius 1 is 1.16 bits per heavy atom. The normalized spacial score (nSPS) is 14.6. The fourth-order valence-electron chi connectivity index (χ4n) is 3.14. The fourth-order valence-corrected chi connectivity index (χ4v) is 3.97. The molecule has 3 aromatic rings. The third kappa shape index (κ3) is 3.30. The molecule has 0 spiro atoms. The first-order chi connectivity index (χ1) is 12.2. The first-order valence-corrected chi connectivity index (χ1v) is 9.38. The second-order valence-corrected chi connectivity index (χ2v) is 7.18. The van der Waals surface area contributed by atoms with Gasteiger partial charge in [-0.3, -0.25) is 4.79 Å². The van der Waals surface area contributed by atoms with Crippen molar-refractivity contribution in [3.05, 3.63) is 47.6 Å². The van der Waals surface area contributed by atoms with Crippen LogP contribution in [0.2, 0.25) is 0 Å². The van der Waals surface area contributed by atoms with E-state index in [0.717, 1.165) is 53.4 Å². The largest absolute Gasteiger partial charge is 0.399 e. The molecule has 0 unspecified atom stereocenters. The number of aromatic amines is 1. The summed E-state index contributed by atoms with van der Waals surface area (Å²) in [7, 11) is 0. The highest BCUT2D eigenvalue weighted by atomic mass is 32.1. The van der Waals surface area contributed by atoms with Gasteiger partial charge in [-0.1, -0.05) is 12.1 Å². The number of carbonyl (C=O) groups is 1. The van der Waals surface area contributed by atoms with Crippen LogP contribution in [0.3, 0.4) is 0 Å². The second-order valence-electron chi connectivity index (χ2n) is 6.32. The highest BCUT2D eigenvalue weighted by Gasteiger charge is 2.20. The molecule has 6 heteroatoms. The van der Waals surface area contributed by atoms with E-state index in [1.165, 1.54) is 6.42 Å². The van der Waals surface area contributed by atoms with Crippen molar-refractivity contribution >= 4 is 22.9 Å². The number of benzene rings is 1. The second kappa shape index (κ2) is 6.72. The van der Waals surface area contributed by atoms with Crippen LogP contribution in [0.5, 0.6) is 0 Å². The van der Waals surface area contributed by atoms with Gasteiger partial charge in [0.05, 0.1) is 5.69 Å². The van der Waals surface area contributed by atoms with E-state index in [2.05, 4.69) is 4.98 Å². The summed E-state index contributed by atoms with van der Waals surface area (Å²) in [6.45, 7) is 1.70. The lowest BCUT2D eigenvalue weighted by atomic mass is 10.1. The van der Waals surface area contributed by atoms with Crippen molar-refractivity contribution in [2.24, 2.45) is 0 Å². The Morgan fingerprint density at radius 3 is 2.80 bits per heavy atom. The SMILES string of the molecule is Nc1cccc(-c2nc(-c3c[nH]c(C(=O)N4CCCCC4)c3)cs2)c1. The summed E-state index contributed by atoms with van der Waals surface area (Å²) in [5, 5.41) is 2.93. The first-order valence-electron chi connectivity index (χ1n) is 8.50. The Morgan fingerprint density at radius 2 is 2.00 bits per heavy atom. The standard InChI is InChI=1S/C19H20N4OS/c20-15-6-4-5-13(9-15)18-22-17(12-25-18)14-10-16(21-11-14)19(24)23-7-2-1-3-8-23/h4-6,9-12,21H,1-3,7-8,20H2. The molecule has 0 bridgehead atoms. The van der Waals surface area contributed by atoms with Gasteiger partial charge in [0.1, 0.15) is 10.7 Å². The maximum absolute atomic E-state index is 12.6. The van der Waals surface area contributed by atoms with Crippen LogP contribution in [-0.4, -0.2) is 33.9 Å². The van der Waals surface area contributed by atoms with Crippen LogP contribution >= 0.6 is 11.3 Å². The molecule has 0 radical (unpaired) electrons. The third-order valence-electron chi connectivity index (χ3n) is 4.49. The number of nitrogens with one attached hydrogen (secondary N) is 1. The number of amides is 1. The minimum atomic E-state index is 0.0808. The van der Waals surface area contributed by atoms with Gasteiger partial charge < -0.3 is 15.6 Å². The molecular formula is C19H20N4OS. The molecule has 1 aliphatic rings. The molecule has 0 aliphatic carbocycles. The number of likely N-dealkylation sites (tertiary alicyclic amines) is 1. The van der Waals surface area contributed by atoms with Crippen LogP contribution in [0.15, 0.2) is 41.9 Å². The summed E-state index contributed by atoms with van der Waals surface area (Å²) >= 11 is 1.58. The van der Waals surface area contributed by atoms with Crippen molar-refractivity contribution in [1.82, 2.24) is 14.9 Å². The van der Waals surface area contributed by atoms with Crippen LogP contribution in [0.25, 0.3) is 21.8 Å². The molecule has 1 aliphatic heterocycles. The van der Waals surface area contributed by atoms with Gasteiger partial charge in [0, 0.05) is 41.5 Å². The maximum Gasteiger partial charge on any atom is 0.270 e. The lowest BCUT2D eigenvalue weighted by molar-refractivity contribution is 0.0719. The van der Waals surface area contributed by atoms with Crippen LogP contribution in [0, 0.1) is 0 Å². The zero-order valence-corrected chi connectivity index (χ0v) is 14.7. The number of nitrogen functional groups attached to an aromatic ring is 1. The van der Waals surface area contributed by atoms with Crippen LogP contribution in [-0.2, 0) is 0 Å². The van der Waals surface area contributed by atoms with Gasteiger partial charge in [-0.25, -0.2) is 4.98 Å². The lowest BCUT2D eigenvalue weighted by Crippen LogP contribution is -2.35. The Hall–Kier alpha value is -2.60. The molecule has 1 fully saturated rings. The summed E-state index contributed by atoms with van der Waals surface area (Å²) in [6.07, 6.45) is 5.25. The quantitative estimate of drug-likeness (QED) is 0.699. The van der Waals surface area contributed by atoms with Crippen molar-refractivity contribution in [2.45, 2.75) is 19.3 Å². The van der Waals surface area contributed by atoms with E-state index in [1.54, 1.807) is 11.3 Å². The molecule has 128 valence electrons. The van der Waals surface area contributed by atoms with E-state index in [4.69, 9.17) is 10.7 Å². The van der Waals surface area contributed by atoms with E-state index < -0.39 is 0 Å². The molecule has 25 heavy (non-hydrogen) atoms. The molecule has 4 rings (SSSR count). The number of rotatable bonds is 3. The fraction of sp³-hybridized carbons (Fsp3) is 0.263. The maximum atomic E-state index is 12.6. The van der Waals surface area contributed by atoms with Crippen molar-refractivity contribution < 1.29 is 4.79 Å². The summed E-state index contributed by atoms with van der Waals surface area (Å²) in [4.78, 5) is 22.3. The minimum Gasteiger partial charge on any atom is -0.399 e. The van der Waals surface area contributed by atoms with Gasteiger partial charge in [-0.15, -0.1) is 11.3 Å². The van der Waals surface area contributed by atoms with Crippen LogP contribution < -0.4 is 5.73 Å². The van der Waals surface area contributed by atoms with E-state index in [-0.39, 0.29) is 5.91 Å². The Bertz CT molecular complexity index is 892. The topological polar surface area (TPSA) is 75.0 Å². The number of hydrogen-bond donors (Lipinski definition) is 2. The molecule has 0 saturated carbocycles. The number of hydrogen-bond acceptors (Lipinski definition) is 4. The van der Waals surface area contributed by atoms with Gasteiger partial charge in [0.2, 0.25) is 0 Å². The van der Waals surface area contributed by atoms with E-state index in [0.29, 0.717) is 5.69 Å². The zero-order valence-electron chi connectivity index (χ0n) is 13.9. The highest BCUT2D eigenvalue weighted by Crippen LogP contribution is 2.30. The molecule has 1 aromatic carbocycles. The molecular weight excluding hydrogens is 332 g/mol. The van der Waals surface area contributed by atoms with Crippen LogP contribution in [0.4, 0.5) is 5.69 Å². The van der Waals surface area contributed by atoms with Crippen molar-refractivity contribution in [3.63, 3.8) is 0 Å². The molecule has 0 atom stereocenters. The van der Waals surface area contributed by atoms with Crippen molar-refractivity contribution in [2.75, 3.05) is 18.8 Å². The molecule has 3 heterocycles. The predicted molar refractivity (Wildman–Crippen MR) is 102 cm³/mol. The first kappa shape index (κ1) is 15.9. The molecule has 3 N–H and O–H groups in total. The van der Waals surface area contributed by atoms with Crippen LogP contribution in [0.1, 0.15) is 29.8 Å². The van der Waals surface area contributed by atoms with Gasteiger partial charge in [-0.05, 0) is 37.5 Å². The Kier molecular flexibility index (Phi) is 4.28. The predicted octanol–water partition coefficient (Wildman–Crippen LogP) is 4.01. The highest BCUT2D eigenvalue weighted by molar-refractivity contribution is 7.13. The van der Waals surface area contributed by atoms with E-state index in [9.17, 15) is 4.79 Å². The van der Waals surface area contributed by atoms with Crippen molar-refractivity contribution in [1.29, 1.82) is 0 Å². The van der Waals surface area contributed by atoms with Crippen molar-refractivity contribution in [3.8, 4) is 21.8 Å². The third-order valence-corrected chi connectivity index (χ3v) is 5.38. The van der Waals surface area contributed by atoms with Gasteiger partial charge in [-0.2, -0.15) is 0 Å². The number of aromatic nitrogens is 2. The number of nitrogens with zero attached hydrogens (tertiary/aromatic N) is 2. The minimum absolute atomic E-state index is 0.0808. The van der Waals surface area contributed by atoms with Gasteiger partial charge >= 0.3 is 0 Å². The Labute approximate surface area is 150 Å². The molecule has 2 aromatic heterocycles. The molecule has 1 amide bonds. The zero-order chi connectivity index (χ0) is 17.2. The average molecular weight is 352 g/mol. The summed E-state index contributed by atoms with van der Waals surface area (Å²) in [5.74, 6) is 0.0808. The molecule has 1 saturated heterocycles. The van der Waals surface area contributed by atoms with E-state index in [1.807, 2.05) is 46.8 Å².